The molecule has 1 amide bonds. The van der Waals surface area contributed by atoms with Crippen LogP contribution >= 0.6 is 23.2 Å². The minimum Gasteiger partial charge on any atom is -0.493 e. The van der Waals surface area contributed by atoms with Gasteiger partial charge >= 0.3 is 12.1 Å². The molecule has 0 N–H and O–H groups in total. The number of esters is 1. The number of ether oxygens (including phenoxy) is 5. The first-order valence-corrected chi connectivity index (χ1v) is 14.8. The predicted molar refractivity (Wildman–Crippen MR) is 161 cm³/mol. The minimum atomic E-state index is -0.592. The Morgan fingerprint density at radius 3 is 2.45 bits per heavy atom. The van der Waals surface area contributed by atoms with E-state index in [0.29, 0.717) is 52.7 Å². The molecule has 2 aliphatic rings. The molecule has 1 saturated heterocycles. The van der Waals surface area contributed by atoms with Crippen molar-refractivity contribution in [2.45, 2.75) is 51.6 Å². The van der Waals surface area contributed by atoms with Gasteiger partial charge in [0.25, 0.3) is 0 Å². The average molecular weight is 619 g/mol. The normalized spacial score (nSPS) is 17.6. The molecular formula is C32H37Cl2NO7. The van der Waals surface area contributed by atoms with Crippen molar-refractivity contribution in [2.75, 3.05) is 40.1 Å². The summed E-state index contributed by atoms with van der Waals surface area (Å²) in [6.45, 7) is 6.22. The molecule has 226 valence electrons. The number of methoxy groups -OCH3 is 1. The van der Waals surface area contributed by atoms with Crippen molar-refractivity contribution >= 4 is 35.3 Å². The molecule has 0 spiro atoms. The summed E-state index contributed by atoms with van der Waals surface area (Å²) in [5, 5.41) is 0.713. The SMILES string of the molecule is COC(=O)C1=C(C)N(C(=O)OCCCOc2ccc(CCOC3CCOCC3)cc2)C(C)=C[C@@H]1c1cccc(Cl)c1Cl. The number of hydrogen-bond acceptors (Lipinski definition) is 7. The number of carbonyl (C=O) groups excluding carboxylic acids is 2. The highest BCUT2D eigenvalue weighted by atomic mass is 35.5. The minimum absolute atomic E-state index is 0.147. The Bertz CT molecular complexity index is 1300. The van der Waals surface area contributed by atoms with Gasteiger partial charge in [0.05, 0.1) is 48.7 Å². The molecule has 1 atom stereocenters. The molecular weight excluding hydrogens is 581 g/mol. The summed E-state index contributed by atoms with van der Waals surface area (Å²) in [6, 6.07) is 13.2. The molecule has 0 radical (unpaired) electrons. The average Bonchev–Trinajstić information content (AvgIpc) is 2.99. The van der Waals surface area contributed by atoms with E-state index < -0.39 is 18.0 Å². The Balaban J connectivity index is 1.26. The summed E-state index contributed by atoms with van der Waals surface area (Å²) < 4.78 is 27.7. The van der Waals surface area contributed by atoms with Gasteiger partial charge in [-0.15, -0.1) is 0 Å². The summed E-state index contributed by atoms with van der Waals surface area (Å²) in [6.07, 6.45) is 4.74. The van der Waals surface area contributed by atoms with E-state index in [1.54, 1.807) is 38.1 Å². The van der Waals surface area contributed by atoms with Crippen LogP contribution in [0.4, 0.5) is 4.79 Å². The van der Waals surface area contributed by atoms with Gasteiger partial charge in [-0.25, -0.2) is 9.59 Å². The maximum Gasteiger partial charge on any atom is 0.418 e. The molecule has 0 saturated carbocycles. The lowest BCUT2D eigenvalue weighted by molar-refractivity contribution is -0.136. The van der Waals surface area contributed by atoms with Crippen molar-refractivity contribution in [3.8, 4) is 5.75 Å². The summed E-state index contributed by atoms with van der Waals surface area (Å²) in [4.78, 5) is 27.3. The number of rotatable bonds is 11. The Morgan fingerprint density at radius 2 is 1.74 bits per heavy atom. The first-order valence-electron chi connectivity index (χ1n) is 14.1. The number of allylic oxidation sites excluding steroid dienone is 3. The molecule has 4 rings (SSSR count). The maximum atomic E-state index is 13.1. The Hall–Kier alpha value is -3.04. The van der Waals surface area contributed by atoms with Crippen molar-refractivity contribution in [2.24, 2.45) is 0 Å². The number of amides is 1. The Labute approximate surface area is 257 Å². The third kappa shape index (κ3) is 8.07. The molecule has 2 aromatic rings. The maximum absolute atomic E-state index is 13.1. The van der Waals surface area contributed by atoms with Gasteiger partial charge in [-0.1, -0.05) is 53.5 Å². The molecule has 0 unspecified atom stereocenters. The van der Waals surface area contributed by atoms with Crippen LogP contribution in [-0.4, -0.2) is 63.2 Å². The van der Waals surface area contributed by atoms with Crippen LogP contribution in [0.2, 0.25) is 10.0 Å². The zero-order valence-corrected chi connectivity index (χ0v) is 25.7. The molecule has 2 aliphatic heterocycles. The molecule has 0 aromatic heterocycles. The zero-order valence-electron chi connectivity index (χ0n) is 24.2. The van der Waals surface area contributed by atoms with Crippen LogP contribution in [0, 0.1) is 0 Å². The van der Waals surface area contributed by atoms with Crippen molar-refractivity contribution < 1.29 is 33.3 Å². The number of halogens is 2. The molecule has 2 aromatic carbocycles. The monoisotopic (exact) mass is 617 g/mol. The van der Waals surface area contributed by atoms with Crippen LogP contribution in [0.25, 0.3) is 0 Å². The largest absolute Gasteiger partial charge is 0.493 e. The van der Waals surface area contributed by atoms with Gasteiger partial charge in [0.1, 0.15) is 5.75 Å². The summed E-state index contributed by atoms with van der Waals surface area (Å²) in [5.41, 5.74) is 3.11. The molecule has 42 heavy (non-hydrogen) atoms. The second kappa shape index (κ2) is 15.4. The Morgan fingerprint density at radius 1 is 1.00 bits per heavy atom. The molecule has 8 nitrogen and oxygen atoms in total. The van der Waals surface area contributed by atoms with Crippen LogP contribution in [0.1, 0.15) is 50.2 Å². The van der Waals surface area contributed by atoms with E-state index in [1.807, 2.05) is 24.3 Å². The van der Waals surface area contributed by atoms with Gasteiger partial charge in [-0.05, 0) is 62.4 Å². The van der Waals surface area contributed by atoms with Crippen molar-refractivity contribution in [1.82, 2.24) is 4.90 Å². The van der Waals surface area contributed by atoms with Crippen LogP contribution in [0.5, 0.6) is 5.75 Å². The number of hydrogen-bond donors (Lipinski definition) is 0. The Kier molecular flexibility index (Phi) is 11.7. The zero-order chi connectivity index (χ0) is 30.1. The van der Waals surface area contributed by atoms with E-state index in [2.05, 4.69) is 0 Å². The van der Waals surface area contributed by atoms with Gasteiger partial charge in [-0.2, -0.15) is 0 Å². The lowest BCUT2D eigenvalue weighted by Crippen LogP contribution is -2.35. The molecule has 0 aliphatic carbocycles. The van der Waals surface area contributed by atoms with Gasteiger partial charge < -0.3 is 23.7 Å². The lowest BCUT2D eigenvalue weighted by Gasteiger charge is -2.33. The fourth-order valence-electron chi connectivity index (χ4n) is 5.09. The highest BCUT2D eigenvalue weighted by molar-refractivity contribution is 6.42. The highest BCUT2D eigenvalue weighted by Gasteiger charge is 2.35. The third-order valence-corrected chi connectivity index (χ3v) is 8.15. The first kappa shape index (κ1) is 31.9. The molecule has 2 heterocycles. The van der Waals surface area contributed by atoms with E-state index in [0.717, 1.165) is 38.2 Å². The van der Waals surface area contributed by atoms with Crippen LogP contribution in [0.15, 0.2) is 65.5 Å². The second-order valence-electron chi connectivity index (χ2n) is 10.1. The highest BCUT2D eigenvalue weighted by Crippen LogP contribution is 2.41. The van der Waals surface area contributed by atoms with E-state index in [9.17, 15) is 9.59 Å². The van der Waals surface area contributed by atoms with E-state index >= 15 is 0 Å². The van der Waals surface area contributed by atoms with Crippen LogP contribution in [0.3, 0.4) is 0 Å². The lowest BCUT2D eigenvalue weighted by atomic mass is 9.86. The number of benzene rings is 2. The molecule has 1 fully saturated rings. The van der Waals surface area contributed by atoms with Gasteiger partial charge in [0, 0.05) is 36.9 Å². The topological polar surface area (TPSA) is 83.5 Å². The third-order valence-electron chi connectivity index (χ3n) is 7.32. The molecule has 10 heteroatoms. The molecule has 0 bridgehead atoms. The van der Waals surface area contributed by atoms with Gasteiger partial charge in [-0.3, -0.25) is 4.90 Å². The smallest absolute Gasteiger partial charge is 0.418 e. The van der Waals surface area contributed by atoms with E-state index in [1.165, 1.54) is 17.6 Å². The van der Waals surface area contributed by atoms with Crippen LogP contribution < -0.4 is 4.74 Å². The van der Waals surface area contributed by atoms with Gasteiger partial charge in [0.15, 0.2) is 0 Å². The fourth-order valence-corrected chi connectivity index (χ4v) is 5.52. The van der Waals surface area contributed by atoms with Gasteiger partial charge in [0.2, 0.25) is 0 Å². The summed E-state index contributed by atoms with van der Waals surface area (Å²) in [5.74, 6) is -0.356. The number of nitrogens with zero attached hydrogens (tertiary/aromatic N) is 1. The number of carbonyl (C=O) groups is 2. The second-order valence-corrected chi connectivity index (χ2v) is 10.9. The van der Waals surface area contributed by atoms with Crippen molar-refractivity contribution in [1.29, 1.82) is 0 Å². The van der Waals surface area contributed by atoms with E-state index in [4.69, 9.17) is 46.9 Å². The quantitative estimate of drug-likeness (QED) is 0.197. The predicted octanol–water partition coefficient (Wildman–Crippen LogP) is 7.09. The van der Waals surface area contributed by atoms with Crippen molar-refractivity contribution in [3.63, 3.8) is 0 Å². The van der Waals surface area contributed by atoms with Crippen LogP contribution in [-0.2, 0) is 30.2 Å². The van der Waals surface area contributed by atoms with Crippen molar-refractivity contribution in [3.05, 3.63) is 86.7 Å². The summed E-state index contributed by atoms with van der Waals surface area (Å²) in [7, 11) is 1.30. The summed E-state index contributed by atoms with van der Waals surface area (Å²) >= 11 is 12.7. The fraction of sp³-hybridized carbons (Fsp3) is 0.438. The van der Waals surface area contributed by atoms with E-state index in [-0.39, 0.29) is 12.2 Å². The first-order chi connectivity index (χ1) is 20.3. The standard InChI is InChI=1S/C32H37Cl2NO7/c1-21-20-27(26-6-4-7-28(33)30(26)34)29(31(36)38-3)22(2)35(21)32(37)42-16-5-15-40-24-10-8-23(9-11-24)12-19-41-25-13-17-39-18-14-25/h4,6-11,20,25,27H,5,12-19H2,1-3H3/t27-/m1/s1.